The quantitative estimate of drug-likeness (QED) is 0.757. The molecule has 8 heteroatoms. The van der Waals surface area contributed by atoms with Crippen molar-refractivity contribution < 1.29 is 14.7 Å². The van der Waals surface area contributed by atoms with E-state index in [1.165, 1.54) is 22.9 Å². The molecule has 2 aromatic heterocycles. The average Bonchev–Trinajstić information content (AvgIpc) is 3.01. The van der Waals surface area contributed by atoms with Crippen molar-refractivity contribution in [3.05, 3.63) is 57.3 Å². The molecule has 2 heterocycles. The predicted molar refractivity (Wildman–Crippen MR) is 87.0 cm³/mol. The fourth-order valence-corrected chi connectivity index (χ4v) is 2.96. The van der Waals surface area contributed by atoms with Crippen LogP contribution in [0.1, 0.15) is 25.9 Å². The van der Waals surface area contributed by atoms with Gasteiger partial charge in [0.05, 0.1) is 12.1 Å². The second-order valence-electron chi connectivity index (χ2n) is 4.67. The lowest BCUT2D eigenvalue weighted by Crippen LogP contribution is -2.23. The zero-order valence-electron chi connectivity index (χ0n) is 11.6. The van der Waals surface area contributed by atoms with Crippen molar-refractivity contribution >= 4 is 45.6 Å². The number of aromatic nitrogens is 2. The molecule has 0 spiro atoms. The molecule has 1 amide bonds. The van der Waals surface area contributed by atoms with Crippen LogP contribution in [0.4, 0.5) is 0 Å². The number of fused-ring (bicyclic) bond motifs is 1. The second kappa shape index (κ2) is 6.31. The first-order valence-electron chi connectivity index (χ1n) is 6.54. The first-order valence-corrected chi connectivity index (χ1v) is 7.79. The van der Waals surface area contributed by atoms with Gasteiger partial charge in [0.2, 0.25) is 0 Å². The van der Waals surface area contributed by atoms with Crippen molar-refractivity contribution in [2.24, 2.45) is 0 Å². The maximum Gasteiger partial charge on any atom is 0.355 e. The molecular formula is C15H10ClN3O3S. The number of hydrogen-bond acceptors (Lipinski definition) is 5. The molecule has 3 aromatic rings. The number of carboxylic acids is 1. The van der Waals surface area contributed by atoms with Crippen molar-refractivity contribution in [3.8, 4) is 0 Å². The third-order valence-corrected chi connectivity index (χ3v) is 4.22. The van der Waals surface area contributed by atoms with E-state index in [1.807, 2.05) is 0 Å². The summed E-state index contributed by atoms with van der Waals surface area (Å²) in [6.45, 7) is 0.154. The van der Waals surface area contributed by atoms with E-state index in [0.29, 0.717) is 15.6 Å². The van der Waals surface area contributed by atoms with Crippen LogP contribution >= 0.6 is 22.9 Å². The molecule has 3 rings (SSSR count). The van der Waals surface area contributed by atoms with Gasteiger partial charge in [0.15, 0.2) is 5.69 Å². The SMILES string of the molecule is O=C(O)c1csc(CNC(=O)c2cncc3cc(Cl)ccc23)n1. The van der Waals surface area contributed by atoms with Crippen LogP contribution in [0.3, 0.4) is 0 Å². The Bertz CT molecular complexity index is 910. The number of benzene rings is 1. The third kappa shape index (κ3) is 3.30. The van der Waals surface area contributed by atoms with Gasteiger partial charge in [-0.05, 0) is 17.5 Å². The number of carbonyl (C=O) groups is 2. The summed E-state index contributed by atoms with van der Waals surface area (Å²) in [6.07, 6.45) is 3.12. The highest BCUT2D eigenvalue weighted by Gasteiger charge is 2.13. The molecule has 0 saturated heterocycles. The van der Waals surface area contributed by atoms with Crippen molar-refractivity contribution in [1.29, 1.82) is 0 Å². The Morgan fingerprint density at radius 2 is 2.13 bits per heavy atom. The largest absolute Gasteiger partial charge is 0.476 e. The number of nitrogens with zero attached hydrogens (tertiary/aromatic N) is 2. The number of halogens is 1. The maximum absolute atomic E-state index is 12.3. The normalized spacial score (nSPS) is 10.7. The zero-order chi connectivity index (χ0) is 16.4. The number of rotatable bonds is 4. The summed E-state index contributed by atoms with van der Waals surface area (Å²) < 4.78 is 0. The minimum atomic E-state index is -1.09. The Morgan fingerprint density at radius 1 is 1.30 bits per heavy atom. The third-order valence-electron chi connectivity index (χ3n) is 3.14. The van der Waals surface area contributed by atoms with Gasteiger partial charge in [-0.25, -0.2) is 9.78 Å². The molecule has 0 aliphatic carbocycles. The molecule has 6 nitrogen and oxygen atoms in total. The van der Waals surface area contributed by atoms with Gasteiger partial charge in [-0.15, -0.1) is 11.3 Å². The summed E-state index contributed by atoms with van der Waals surface area (Å²) in [5, 5.41) is 15.6. The van der Waals surface area contributed by atoms with Crippen LogP contribution in [0.25, 0.3) is 10.8 Å². The lowest BCUT2D eigenvalue weighted by Gasteiger charge is -2.06. The maximum atomic E-state index is 12.3. The Balaban J connectivity index is 1.79. The summed E-state index contributed by atoms with van der Waals surface area (Å²) >= 11 is 7.12. The van der Waals surface area contributed by atoms with Crippen LogP contribution in [0, 0.1) is 0 Å². The molecule has 0 unspecified atom stereocenters. The number of carboxylic acid groups (broad SMARTS) is 1. The molecule has 116 valence electrons. The van der Waals surface area contributed by atoms with Gasteiger partial charge in [0, 0.05) is 28.2 Å². The van der Waals surface area contributed by atoms with E-state index in [-0.39, 0.29) is 18.1 Å². The van der Waals surface area contributed by atoms with Crippen molar-refractivity contribution in [3.63, 3.8) is 0 Å². The van der Waals surface area contributed by atoms with Crippen LogP contribution in [0.2, 0.25) is 5.02 Å². The van der Waals surface area contributed by atoms with Gasteiger partial charge in [-0.2, -0.15) is 0 Å². The summed E-state index contributed by atoms with van der Waals surface area (Å²) in [4.78, 5) is 31.1. The molecule has 0 aliphatic rings. The van der Waals surface area contributed by atoms with E-state index in [2.05, 4.69) is 15.3 Å². The zero-order valence-corrected chi connectivity index (χ0v) is 13.2. The van der Waals surface area contributed by atoms with Crippen LogP contribution < -0.4 is 5.32 Å². The summed E-state index contributed by atoms with van der Waals surface area (Å²) in [6, 6.07) is 5.21. The van der Waals surface area contributed by atoms with Crippen LogP contribution in [-0.4, -0.2) is 27.0 Å². The molecular weight excluding hydrogens is 338 g/mol. The van der Waals surface area contributed by atoms with Crippen LogP contribution in [-0.2, 0) is 6.54 Å². The number of aromatic carboxylic acids is 1. The van der Waals surface area contributed by atoms with Crippen molar-refractivity contribution in [2.45, 2.75) is 6.54 Å². The fourth-order valence-electron chi connectivity index (χ4n) is 2.07. The van der Waals surface area contributed by atoms with Gasteiger partial charge in [-0.3, -0.25) is 9.78 Å². The predicted octanol–water partition coefficient (Wildman–Crippen LogP) is 2.97. The number of carbonyl (C=O) groups excluding carboxylic acids is 1. The van der Waals surface area contributed by atoms with Crippen LogP contribution in [0.5, 0.6) is 0 Å². The van der Waals surface area contributed by atoms with Gasteiger partial charge in [0.1, 0.15) is 5.01 Å². The lowest BCUT2D eigenvalue weighted by atomic mass is 10.1. The summed E-state index contributed by atoms with van der Waals surface area (Å²) in [7, 11) is 0. The van der Waals surface area contributed by atoms with Gasteiger partial charge < -0.3 is 10.4 Å². The Labute approximate surface area is 139 Å². The number of amides is 1. The van der Waals surface area contributed by atoms with Crippen molar-refractivity contribution in [1.82, 2.24) is 15.3 Å². The minimum absolute atomic E-state index is 0.0271. The van der Waals surface area contributed by atoms with Gasteiger partial charge >= 0.3 is 5.97 Å². The molecule has 0 aliphatic heterocycles. The monoisotopic (exact) mass is 347 g/mol. The summed E-state index contributed by atoms with van der Waals surface area (Å²) in [5.41, 5.74) is 0.398. The molecule has 0 saturated carbocycles. The van der Waals surface area contributed by atoms with E-state index < -0.39 is 5.97 Å². The van der Waals surface area contributed by atoms with Crippen LogP contribution in [0.15, 0.2) is 36.0 Å². The number of hydrogen-bond donors (Lipinski definition) is 2. The van der Waals surface area contributed by atoms with E-state index in [9.17, 15) is 9.59 Å². The molecule has 0 radical (unpaired) electrons. The second-order valence-corrected chi connectivity index (χ2v) is 6.05. The molecule has 0 atom stereocenters. The first kappa shape index (κ1) is 15.4. The van der Waals surface area contributed by atoms with E-state index in [0.717, 1.165) is 10.8 Å². The highest BCUT2D eigenvalue weighted by atomic mass is 35.5. The van der Waals surface area contributed by atoms with E-state index in [1.54, 1.807) is 24.4 Å². The Kier molecular flexibility index (Phi) is 4.22. The van der Waals surface area contributed by atoms with E-state index >= 15 is 0 Å². The first-order chi connectivity index (χ1) is 11.0. The lowest BCUT2D eigenvalue weighted by molar-refractivity contribution is 0.0691. The minimum Gasteiger partial charge on any atom is -0.476 e. The number of pyridine rings is 1. The smallest absolute Gasteiger partial charge is 0.355 e. The topological polar surface area (TPSA) is 92.2 Å². The number of nitrogens with one attached hydrogen (secondary N) is 1. The highest BCUT2D eigenvalue weighted by Crippen LogP contribution is 2.21. The molecule has 0 fully saturated rings. The summed E-state index contributed by atoms with van der Waals surface area (Å²) in [5.74, 6) is -1.40. The standard InChI is InChI=1S/C15H10ClN3O3S/c16-9-1-2-10-8(3-9)4-17-5-11(10)14(20)18-6-13-19-12(7-23-13)15(21)22/h1-5,7H,6H2,(H,18,20)(H,21,22). The molecule has 23 heavy (non-hydrogen) atoms. The molecule has 0 bridgehead atoms. The van der Waals surface area contributed by atoms with E-state index in [4.69, 9.17) is 16.7 Å². The van der Waals surface area contributed by atoms with Gasteiger partial charge in [-0.1, -0.05) is 17.7 Å². The Morgan fingerprint density at radius 3 is 2.87 bits per heavy atom. The Hall–Kier alpha value is -2.51. The van der Waals surface area contributed by atoms with Crippen molar-refractivity contribution in [2.75, 3.05) is 0 Å². The number of thiazole rings is 1. The fraction of sp³-hybridized carbons (Fsp3) is 0.0667. The average molecular weight is 348 g/mol. The van der Waals surface area contributed by atoms with Gasteiger partial charge in [0.25, 0.3) is 5.91 Å². The molecule has 1 aromatic carbocycles. The molecule has 2 N–H and O–H groups in total. The highest BCUT2D eigenvalue weighted by molar-refractivity contribution is 7.09.